The lowest BCUT2D eigenvalue weighted by Crippen LogP contribution is -2.35. The van der Waals surface area contributed by atoms with Crippen molar-refractivity contribution in [2.45, 2.75) is 52.6 Å². The Morgan fingerprint density at radius 2 is 1.88 bits per heavy atom. The van der Waals surface area contributed by atoms with Gasteiger partial charge >= 0.3 is 5.97 Å². The zero-order chi connectivity index (χ0) is 28.3. The van der Waals surface area contributed by atoms with E-state index in [9.17, 15) is 9.59 Å². The fourth-order valence-electron chi connectivity index (χ4n) is 5.56. The van der Waals surface area contributed by atoms with Crippen LogP contribution in [0.5, 0.6) is 5.75 Å². The summed E-state index contributed by atoms with van der Waals surface area (Å²) < 4.78 is 16.5. The standard InChI is InChI=1S/C33H38N2O5/c1-33(2,3)23-17-22(16-21-11-13-24(38-4)14-12-21)31-27(18-23)30(26-9-5-6-10-28(26)35-31)32(37)40-20-29(36)34-19-25-8-7-15-39-25/h5-6,9-14,16,23,25H,7-8,15,17-20H2,1-4H3,(H,34,36)/b22-16-/t23-,25-/m1/s1. The van der Waals surface area contributed by atoms with Gasteiger partial charge in [0, 0.05) is 18.5 Å². The molecule has 210 valence electrons. The molecule has 0 radical (unpaired) electrons. The Morgan fingerprint density at radius 3 is 2.58 bits per heavy atom. The maximum atomic E-state index is 13.7. The molecule has 1 aromatic heterocycles. The SMILES string of the molecule is COc1ccc(/C=C2/C[C@@H](C(C)(C)C)Cc3c2nc2ccccc2c3C(=O)OCC(=O)NC[C@H]2CCCO2)cc1. The van der Waals surface area contributed by atoms with E-state index in [0.717, 1.165) is 64.9 Å². The fourth-order valence-corrected chi connectivity index (χ4v) is 5.56. The minimum atomic E-state index is -0.500. The first-order chi connectivity index (χ1) is 19.2. The first-order valence-corrected chi connectivity index (χ1v) is 14.0. The van der Waals surface area contributed by atoms with Crippen LogP contribution in [-0.2, 0) is 20.7 Å². The highest BCUT2D eigenvalue weighted by Gasteiger charge is 2.35. The van der Waals surface area contributed by atoms with Crippen LogP contribution in [-0.4, -0.2) is 49.8 Å². The molecule has 2 atom stereocenters. The third-order valence-corrected chi connectivity index (χ3v) is 7.99. The molecule has 0 unspecified atom stereocenters. The van der Waals surface area contributed by atoms with Crippen LogP contribution in [0.15, 0.2) is 48.5 Å². The second-order valence-electron chi connectivity index (χ2n) is 11.8. The van der Waals surface area contributed by atoms with Gasteiger partial charge in [-0.25, -0.2) is 9.78 Å². The largest absolute Gasteiger partial charge is 0.497 e. The smallest absolute Gasteiger partial charge is 0.339 e. The first-order valence-electron chi connectivity index (χ1n) is 14.0. The lowest BCUT2D eigenvalue weighted by atomic mass is 9.69. The maximum absolute atomic E-state index is 13.7. The number of para-hydroxylation sites is 1. The summed E-state index contributed by atoms with van der Waals surface area (Å²) in [6, 6.07) is 15.6. The first kappa shape index (κ1) is 27.8. The van der Waals surface area contributed by atoms with Crippen LogP contribution in [0.25, 0.3) is 22.6 Å². The van der Waals surface area contributed by atoms with Crippen LogP contribution in [0.2, 0.25) is 0 Å². The highest BCUT2D eigenvalue weighted by Crippen LogP contribution is 2.45. The summed E-state index contributed by atoms with van der Waals surface area (Å²) in [7, 11) is 1.65. The lowest BCUT2D eigenvalue weighted by molar-refractivity contribution is -0.124. The second-order valence-corrected chi connectivity index (χ2v) is 11.8. The van der Waals surface area contributed by atoms with Crippen molar-refractivity contribution in [2.24, 2.45) is 11.3 Å². The molecule has 2 aliphatic rings. The van der Waals surface area contributed by atoms with Gasteiger partial charge in [-0.3, -0.25) is 4.79 Å². The number of rotatable bonds is 7. The zero-order valence-corrected chi connectivity index (χ0v) is 23.8. The number of fused-ring (bicyclic) bond motifs is 2. The summed E-state index contributed by atoms with van der Waals surface area (Å²) in [6.45, 7) is 7.51. The van der Waals surface area contributed by atoms with Gasteiger partial charge in [0.25, 0.3) is 5.91 Å². The maximum Gasteiger partial charge on any atom is 0.339 e. The van der Waals surface area contributed by atoms with E-state index < -0.39 is 5.97 Å². The number of nitrogens with one attached hydrogen (secondary N) is 1. The summed E-state index contributed by atoms with van der Waals surface area (Å²) in [5, 5.41) is 3.57. The van der Waals surface area contributed by atoms with Gasteiger partial charge in [0.15, 0.2) is 6.61 Å². The molecule has 7 nitrogen and oxygen atoms in total. The van der Waals surface area contributed by atoms with Crippen molar-refractivity contribution in [1.82, 2.24) is 10.3 Å². The Bertz CT molecular complexity index is 1420. The van der Waals surface area contributed by atoms with Crippen LogP contribution < -0.4 is 10.1 Å². The molecule has 1 amide bonds. The van der Waals surface area contributed by atoms with E-state index in [1.54, 1.807) is 7.11 Å². The Balaban J connectivity index is 1.50. The third-order valence-electron chi connectivity index (χ3n) is 7.99. The molecular formula is C33H38N2O5. The predicted molar refractivity (Wildman–Crippen MR) is 156 cm³/mol. The van der Waals surface area contributed by atoms with Gasteiger partial charge in [-0.2, -0.15) is 0 Å². The van der Waals surface area contributed by atoms with Crippen molar-refractivity contribution >= 4 is 34.4 Å². The molecule has 2 aromatic carbocycles. The quantitative estimate of drug-likeness (QED) is 0.377. The van der Waals surface area contributed by atoms with Gasteiger partial charge in [-0.15, -0.1) is 0 Å². The number of allylic oxidation sites excluding steroid dienone is 1. The van der Waals surface area contributed by atoms with E-state index in [0.29, 0.717) is 18.5 Å². The third kappa shape index (κ3) is 6.20. The van der Waals surface area contributed by atoms with Crippen molar-refractivity contribution in [2.75, 3.05) is 26.9 Å². The molecule has 2 heterocycles. The average molecular weight is 543 g/mol. The highest BCUT2D eigenvalue weighted by atomic mass is 16.5. The van der Waals surface area contributed by atoms with Gasteiger partial charge < -0.3 is 19.5 Å². The van der Waals surface area contributed by atoms with Crippen LogP contribution in [0.1, 0.15) is 67.2 Å². The minimum absolute atomic E-state index is 0.00566. The summed E-state index contributed by atoms with van der Waals surface area (Å²) in [4.78, 5) is 31.3. The molecule has 1 aliphatic heterocycles. The molecule has 7 heteroatoms. The number of ether oxygens (including phenoxy) is 3. The summed E-state index contributed by atoms with van der Waals surface area (Å²) >= 11 is 0. The topological polar surface area (TPSA) is 86.8 Å². The Morgan fingerprint density at radius 1 is 1.10 bits per heavy atom. The molecule has 1 fully saturated rings. The number of benzene rings is 2. The van der Waals surface area contributed by atoms with Gasteiger partial charge in [-0.05, 0) is 78.0 Å². The van der Waals surface area contributed by atoms with Crippen LogP contribution in [0.3, 0.4) is 0 Å². The molecule has 5 rings (SSSR count). The molecular weight excluding hydrogens is 504 g/mol. The second kappa shape index (κ2) is 11.8. The summed E-state index contributed by atoms with van der Waals surface area (Å²) in [6.07, 6.45) is 5.66. The van der Waals surface area contributed by atoms with Crippen molar-refractivity contribution in [1.29, 1.82) is 0 Å². The molecule has 0 bridgehead atoms. The Hall–Kier alpha value is -3.71. The van der Waals surface area contributed by atoms with Crippen molar-refractivity contribution in [3.05, 3.63) is 70.9 Å². The van der Waals surface area contributed by atoms with Crippen LogP contribution >= 0.6 is 0 Å². The normalized spacial score (nSPS) is 19.9. The number of esters is 1. The number of carbonyl (C=O) groups is 2. The fraction of sp³-hybridized carbons (Fsp3) is 0.424. The highest BCUT2D eigenvalue weighted by molar-refractivity contribution is 6.07. The monoisotopic (exact) mass is 542 g/mol. The number of amides is 1. The lowest BCUT2D eigenvalue weighted by Gasteiger charge is -2.36. The molecule has 1 N–H and O–H groups in total. The van der Waals surface area contributed by atoms with E-state index in [4.69, 9.17) is 19.2 Å². The summed E-state index contributed by atoms with van der Waals surface area (Å²) in [5.41, 5.74) is 5.07. The number of aromatic nitrogens is 1. The van der Waals surface area contributed by atoms with E-state index >= 15 is 0 Å². The summed E-state index contributed by atoms with van der Waals surface area (Å²) in [5.74, 6) is 0.255. The molecule has 1 aliphatic carbocycles. The van der Waals surface area contributed by atoms with E-state index in [1.165, 1.54) is 0 Å². The van der Waals surface area contributed by atoms with E-state index in [-0.39, 0.29) is 30.0 Å². The Kier molecular flexibility index (Phi) is 8.22. The van der Waals surface area contributed by atoms with Gasteiger partial charge in [0.2, 0.25) is 0 Å². The van der Waals surface area contributed by atoms with Crippen LogP contribution in [0, 0.1) is 11.3 Å². The van der Waals surface area contributed by atoms with Crippen molar-refractivity contribution in [3.63, 3.8) is 0 Å². The minimum Gasteiger partial charge on any atom is -0.497 e. The van der Waals surface area contributed by atoms with E-state index in [2.05, 4.69) is 32.2 Å². The molecule has 40 heavy (non-hydrogen) atoms. The molecule has 1 saturated heterocycles. The van der Waals surface area contributed by atoms with Crippen LogP contribution in [0.4, 0.5) is 0 Å². The van der Waals surface area contributed by atoms with Gasteiger partial charge in [-0.1, -0.05) is 51.1 Å². The van der Waals surface area contributed by atoms with Gasteiger partial charge in [0.1, 0.15) is 5.75 Å². The van der Waals surface area contributed by atoms with Crippen molar-refractivity contribution in [3.8, 4) is 5.75 Å². The number of hydrogen-bond acceptors (Lipinski definition) is 6. The van der Waals surface area contributed by atoms with Crippen molar-refractivity contribution < 1.29 is 23.8 Å². The predicted octanol–water partition coefficient (Wildman–Crippen LogP) is 5.84. The average Bonchev–Trinajstić information content (AvgIpc) is 3.47. The number of nitrogens with zero attached hydrogens (tertiary/aromatic N) is 1. The number of methoxy groups -OCH3 is 1. The van der Waals surface area contributed by atoms with Gasteiger partial charge in [0.05, 0.1) is 30.0 Å². The Labute approximate surface area is 235 Å². The number of hydrogen-bond donors (Lipinski definition) is 1. The molecule has 0 spiro atoms. The number of carbonyl (C=O) groups excluding carboxylic acids is 2. The number of pyridine rings is 1. The molecule has 0 saturated carbocycles. The van der Waals surface area contributed by atoms with E-state index in [1.807, 2.05) is 48.5 Å². The zero-order valence-electron chi connectivity index (χ0n) is 23.8. The molecule has 3 aromatic rings.